The standard InChI is InChI=1S/C55H35N5/c1-5-15-36(16-6-1)41-25-27-44-45-34-46-50(59(42-22-11-4-12-23-42)47-28-26-37-17-13-14-24-43(37)51(46)47)35-49(45)60(48(44)33-41)55-54(40-29-31-56-32-30-40)57-52(38-18-7-2-8-19-38)53(58-55)39-20-9-3-10-21-39/h1-35H. The summed E-state index contributed by atoms with van der Waals surface area (Å²) in [5, 5.41) is 7.19. The lowest BCUT2D eigenvalue weighted by atomic mass is 10.0. The summed E-state index contributed by atoms with van der Waals surface area (Å²) in [6.45, 7) is 0. The molecule has 8 aromatic carbocycles. The summed E-state index contributed by atoms with van der Waals surface area (Å²) < 4.78 is 4.77. The van der Waals surface area contributed by atoms with E-state index >= 15 is 0 Å². The Balaban J connectivity index is 1.28. The molecule has 12 rings (SSSR count). The van der Waals surface area contributed by atoms with Crippen molar-refractivity contribution in [3.63, 3.8) is 0 Å². The molecule has 0 aliphatic heterocycles. The fourth-order valence-corrected chi connectivity index (χ4v) is 9.07. The zero-order chi connectivity index (χ0) is 39.6. The van der Waals surface area contributed by atoms with Crippen LogP contribution in [-0.4, -0.2) is 24.1 Å². The van der Waals surface area contributed by atoms with Crippen LogP contribution < -0.4 is 0 Å². The molecule has 0 amide bonds. The van der Waals surface area contributed by atoms with Gasteiger partial charge in [-0.05, 0) is 70.4 Å². The third-order valence-corrected chi connectivity index (χ3v) is 11.8. The van der Waals surface area contributed by atoms with E-state index in [0.29, 0.717) is 0 Å². The lowest BCUT2D eigenvalue weighted by Gasteiger charge is -2.18. The van der Waals surface area contributed by atoms with Crippen molar-refractivity contribution >= 4 is 54.4 Å². The Kier molecular flexibility index (Phi) is 7.78. The number of aromatic nitrogens is 5. The Hall–Kier alpha value is -8.15. The van der Waals surface area contributed by atoms with Gasteiger partial charge >= 0.3 is 0 Å². The lowest BCUT2D eigenvalue weighted by molar-refractivity contribution is 1.05. The number of hydrogen-bond donors (Lipinski definition) is 0. The van der Waals surface area contributed by atoms with Crippen LogP contribution in [0.4, 0.5) is 0 Å². The molecule has 0 unspecified atom stereocenters. The van der Waals surface area contributed by atoms with Gasteiger partial charge in [0.05, 0.1) is 33.5 Å². The molecular weight excluding hydrogens is 731 g/mol. The van der Waals surface area contributed by atoms with Crippen LogP contribution in [0.2, 0.25) is 0 Å². The van der Waals surface area contributed by atoms with Crippen LogP contribution in [-0.2, 0) is 0 Å². The summed E-state index contributed by atoms with van der Waals surface area (Å²) in [4.78, 5) is 15.8. The van der Waals surface area contributed by atoms with Crippen molar-refractivity contribution < 1.29 is 0 Å². The minimum Gasteiger partial charge on any atom is -0.309 e. The third kappa shape index (κ3) is 5.37. The van der Waals surface area contributed by atoms with E-state index in [0.717, 1.165) is 83.7 Å². The summed E-state index contributed by atoms with van der Waals surface area (Å²) in [7, 11) is 0. The Labute approximate surface area is 346 Å². The molecule has 4 aromatic heterocycles. The first kappa shape index (κ1) is 33.9. The lowest BCUT2D eigenvalue weighted by Crippen LogP contribution is -2.07. The first-order chi connectivity index (χ1) is 29.8. The van der Waals surface area contributed by atoms with E-state index < -0.39 is 0 Å². The number of para-hydroxylation sites is 1. The van der Waals surface area contributed by atoms with E-state index in [4.69, 9.17) is 9.97 Å². The van der Waals surface area contributed by atoms with Crippen LogP contribution in [0.5, 0.6) is 0 Å². The van der Waals surface area contributed by atoms with Crippen molar-refractivity contribution in [3.05, 3.63) is 213 Å². The molecule has 0 spiro atoms. The molecule has 0 aliphatic rings. The summed E-state index contributed by atoms with van der Waals surface area (Å²) in [6.07, 6.45) is 3.67. The van der Waals surface area contributed by atoms with E-state index in [1.165, 1.54) is 27.1 Å². The number of benzene rings is 8. The molecule has 60 heavy (non-hydrogen) atoms. The van der Waals surface area contributed by atoms with Crippen LogP contribution in [0.15, 0.2) is 213 Å². The van der Waals surface area contributed by atoms with Crippen LogP contribution in [0.1, 0.15) is 0 Å². The molecule has 280 valence electrons. The molecule has 4 heterocycles. The number of fused-ring (bicyclic) bond motifs is 8. The maximum Gasteiger partial charge on any atom is 0.165 e. The second-order valence-corrected chi connectivity index (χ2v) is 15.2. The van der Waals surface area contributed by atoms with E-state index in [1.807, 2.05) is 36.7 Å². The molecule has 0 bridgehead atoms. The zero-order valence-electron chi connectivity index (χ0n) is 32.4. The van der Waals surface area contributed by atoms with Crippen LogP contribution in [0, 0.1) is 0 Å². The van der Waals surface area contributed by atoms with Gasteiger partial charge in [-0.2, -0.15) is 0 Å². The van der Waals surface area contributed by atoms with E-state index in [-0.39, 0.29) is 0 Å². The molecule has 0 aliphatic carbocycles. The predicted molar refractivity (Wildman–Crippen MR) is 248 cm³/mol. The summed E-state index contributed by atoms with van der Waals surface area (Å²) >= 11 is 0. The van der Waals surface area contributed by atoms with Gasteiger partial charge in [0.25, 0.3) is 0 Å². The van der Waals surface area contributed by atoms with E-state index in [1.54, 1.807) is 0 Å². The topological polar surface area (TPSA) is 48.5 Å². The molecule has 0 N–H and O–H groups in total. The quantitative estimate of drug-likeness (QED) is 0.169. The largest absolute Gasteiger partial charge is 0.309 e. The SMILES string of the molecule is c1ccc(-c2ccc3c4cc5c6c7ccccc7ccc6n(-c6ccccc6)c5cc4n(-c4nc(-c5ccccc5)c(-c5ccccc5)nc4-c4ccncc4)c3c2)cc1. The molecule has 5 nitrogen and oxygen atoms in total. The Morgan fingerprint density at radius 3 is 1.62 bits per heavy atom. The van der Waals surface area contributed by atoms with Crippen molar-refractivity contribution in [2.75, 3.05) is 0 Å². The van der Waals surface area contributed by atoms with Crippen molar-refractivity contribution in [1.29, 1.82) is 0 Å². The minimum absolute atomic E-state index is 0.747. The average molecular weight is 766 g/mol. The highest BCUT2D eigenvalue weighted by atomic mass is 15.1. The Morgan fingerprint density at radius 1 is 0.317 bits per heavy atom. The van der Waals surface area contributed by atoms with Gasteiger partial charge in [0.15, 0.2) is 5.82 Å². The van der Waals surface area contributed by atoms with Crippen LogP contribution in [0.25, 0.3) is 111 Å². The van der Waals surface area contributed by atoms with Crippen LogP contribution >= 0.6 is 0 Å². The van der Waals surface area contributed by atoms with Crippen LogP contribution in [0.3, 0.4) is 0 Å². The second-order valence-electron chi connectivity index (χ2n) is 15.2. The molecule has 12 aromatic rings. The minimum atomic E-state index is 0.747. The molecular formula is C55H35N5. The van der Waals surface area contributed by atoms with E-state index in [2.05, 4.69) is 190 Å². The predicted octanol–water partition coefficient (Wildman–Crippen LogP) is 13.9. The fraction of sp³-hybridized carbons (Fsp3) is 0. The van der Waals surface area contributed by atoms with Crippen molar-refractivity contribution in [1.82, 2.24) is 24.1 Å². The molecule has 0 saturated carbocycles. The maximum atomic E-state index is 5.76. The number of pyridine rings is 1. The van der Waals surface area contributed by atoms with Crippen molar-refractivity contribution in [3.8, 4) is 56.4 Å². The normalized spacial score (nSPS) is 11.7. The zero-order valence-corrected chi connectivity index (χ0v) is 32.4. The Morgan fingerprint density at radius 2 is 0.900 bits per heavy atom. The number of hydrogen-bond acceptors (Lipinski definition) is 3. The van der Waals surface area contributed by atoms with Gasteiger partial charge in [-0.15, -0.1) is 0 Å². The monoisotopic (exact) mass is 765 g/mol. The van der Waals surface area contributed by atoms with Crippen molar-refractivity contribution in [2.24, 2.45) is 0 Å². The van der Waals surface area contributed by atoms with Gasteiger partial charge in [-0.1, -0.05) is 152 Å². The highest BCUT2D eigenvalue weighted by Gasteiger charge is 2.25. The number of rotatable bonds is 6. The summed E-state index contributed by atoms with van der Waals surface area (Å²) in [5.41, 5.74) is 13.1. The molecule has 0 fully saturated rings. The highest BCUT2D eigenvalue weighted by Crippen LogP contribution is 2.44. The molecule has 5 heteroatoms. The molecule has 0 saturated heterocycles. The van der Waals surface area contributed by atoms with Gasteiger partial charge in [0.2, 0.25) is 0 Å². The molecule has 0 radical (unpaired) electrons. The summed E-state index contributed by atoms with van der Waals surface area (Å²) in [6, 6.07) is 71.1. The molecule has 0 atom stereocenters. The van der Waals surface area contributed by atoms with Crippen molar-refractivity contribution in [2.45, 2.75) is 0 Å². The van der Waals surface area contributed by atoms with Gasteiger partial charge in [-0.3, -0.25) is 9.55 Å². The number of nitrogens with zero attached hydrogens (tertiary/aromatic N) is 5. The maximum absolute atomic E-state index is 5.76. The second kappa shape index (κ2) is 13.8. The Bertz CT molecular complexity index is 3560. The highest BCUT2D eigenvalue weighted by molar-refractivity contribution is 6.25. The van der Waals surface area contributed by atoms with Gasteiger partial charge in [0, 0.05) is 56.3 Å². The summed E-state index contributed by atoms with van der Waals surface area (Å²) in [5.74, 6) is 0.747. The van der Waals surface area contributed by atoms with Gasteiger partial charge in [0.1, 0.15) is 5.69 Å². The fourth-order valence-electron chi connectivity index (χ4n) is 9.07. The van der Waals surface area contributed by atoms with Gasteiger partial charge in [-0.25, -0.2) is 9.97 Å². The third-order valence-electron chi connectivity index (χ3n) is 11.8. The first-order valence-corrected chi connectivity index (χ1v) is 20.3. The van der Waals surface area contributed by atoms with Gasteiger partial charge < -0.3 is 4.57 Å². The smallest absolute Gasteiger partial charge is 0.165 e. The first-order valence-electron chi connectivity index (χ1n) is 20.3. The van der Waals surface area contributed by atoms with E-state index in [9.17, 15) is 0 Å². The average Bonchev–Trinajstić information content (AvgIpc) is 3.83.